The number of fused-ring (bicyclic) bond motifs is 3. The first kappa shape index (κ1) is 30.3. The molecular weight excluding hydrogens is 571 g/mol. The van der Waals surface area contributed by atoms with Gasteiger partial charge in [-0.3, -0.25) is 15.0 Å². The molecule has 0 fully saturated rings. The fourth-order valence-corrected chi connectivity index (χ4v) is 11.5. The summed E-state index contributed by atoms with van der Waals surface area (Å²) < 4.78 is 39.7. The molecule has 1 aliphatic rings. The number of alkyl halides is 2. The molecule has 0 bridgehead atoms. The van der Waals surface area contributed by atoms with E-state index in [1.165, 1.54) is 0 Å². The van der Waals surface area contributed by atoms with Gasteiger partial charge >= 0.3 is 0 Å². The maximum Gasteiger partial charge on any atom is 0.282 e. The van der Waals surface area contributed by atoms with Gasteiger partial charge in [0.25, 0.3) is 14.2 Å². The molecule has 44 heavy (non-hydrogen) atoms. The second-order valence-electron chi connectivity index (χ2n) is 13.2. The molecule has 228 valence electrons. The van der Waals surface area contributed by atoms with Crippen LogP contribution in [0.1, 0.15) is 56.1 Å². The Morgan fingerprint density at radius 3 is 2.16 bits per heavy atom. The minimum absolute atomic E-state index is 0.158. The second-order valence-corrected chi connectivity index (χ2v) is 17.5. The lowest BCUT2D eigenvalue weighted by Crippen LogP contribution is -2.67. The number of pyridine rings is 1. The number of hydrogen-bond donors (Lipinski definition) is 1. The molecule has 0 spiro atoms. The highest BCUT2D eigenvalue weighted by molar-refractivity contribution is 6.99. The molecule has 2 atom stereocenters. The maximum atomic E-state index is 16.5. The molecular formula is C36H40F2N4OSi. The average Bonchev–Trinajstić information content (AvgIpc) is 3.49. The van der Waals surface area contributed by atoms with Crippen molar-refractivity contribution < 1.29 is 13.2 Å². The molecule has 0 saturated carbocycles. The van der Waals surface area contributed by atoms with Gasteiger partial charge in [0.1, 0.15) is 0 Å². The Balaban J connectivity index is 1.37. The SMILES string of the molecule is Cc1ccc([C@@H]2c3ccc4[nH]ncc4c3C[C@@H](C)N2CC(F)(F)CO[Si](c2ccccc2)(c2ccccc2)C(C)(C)C)nc1. The van der Waals surface area contributed by atoms with Crippen molar-refractivity contribution in [1.29, 1.82) is 0 Å². The van der Waals surface area contributed by atoms with E-state index < -0.39 is 38.5 Å². The molecule has 8 heteroatoms. The first-order valence-electron chi connectivity index (χ1n) is 15.3. The highest BCUT2D eigenvalue weighted by Crippen LogP contribution is 2.42. The van der Waals surface area contributed by atoms with Gasteiger partial charge in [-0.15, -0.1) is 0 Å². The third-order valence-electron chi connectivity index (χ3n) is 9.01. The number of aromatic nitrogens is 3. The predicted octanol–water partition coefficient (Wildman–Crippen LogP) is 6.81. The smallest absolute Gasteiger partial charge is 0.282 e. The molecule has 3 heterocycles. The van der Waals surface area contributed by atoms with E-state index >= 15 is 8.78 Å². The Hall–Kier alpha value is -3.72. The number of H-pyrrole nitrogens is 1. The Morgan fingerprint density at radius 1 is 0.909 bits per heavy atom. The van der Waals surface area contributed by atoms with Crippen molar-refractivity contribution in [3.63, 3.8) is 0 Å². The van der Waals surface area contributed by atoms with Crippen molar-refractivity contribution in [3.05, 3.63) is 120 Å². The number of benzene rings is 3. The van der Waals surface area contributed by atoms with Crippen LogP contribution in [-0.2, 0) is 10.8 Å². The molecule has 0 unspecified atom stereocenters. The van der Waals surface area contributed by atoms with Crippen LogP contribution in [0, 0.1) is 6.92 Å². The van der Waals surface area contributed by atoms with E-state index in [1.807, 2.05) is 116 Å². The fraction of sp³-hybridized carbons (Fsp3) is 0.333. The van der Waals surface area contributed by atoms with Crippen LogP contribution < -0.4 is 10.4 Å². The predicted molar refractivity (Wildman–Crippen MR) is 175 cm³/mol. The summed E-state index contributed by atoms with van der Waals surface area (Å²) in [6, 6.07) is 27.3. The summed E-state index contributed by atoms with van der Waals surface area (Å²) in [6.45, 7) is 9.21. The van der Waals surface area contributed by atoms with Crippen molar-refractivity contribution in [2.45, 2.75) is 64.1 Å². The highest BCUT2D eigenvalue weighted by Gasteiger charge is 2.52. The minimum Gasteiger partial charge on any atom is -0.401 e. The third-order valence-corrected chi connectivity index (χ3v) is 14.0. The number of halogens is 2. The number of hydrogen-bond acceptors (Lipinski definition) is 4. The van der Waals surface area contributed by atoms with Crippen LogP contribution in [0.2, 0.25) is 5.04 Å². The standard InChI is InChI=1S/C36H40F2N4OSi/c1-25-16-18-33(39-21-25)34-29-17-19-32-31(22-40-41-32)30(29)20-26(2)42(34)23-36(37,38)24-43-44(35(3,4)5,27-12-8-6-9-13-27)28-14-10-7-11-15-28/h6-19,21-22,26,34H,20,23-24H2,1-5H3,(H,40,41)/t26-,34+/m1/s1. The zero-order valence-corrected chi connectivity index (χ0v) is 27.0. The van der Waals surface area contributed by atoms with Crippen LogP contribution in [0.25, 0.3) is 10.9 Å². The fourth-order valence-electron chi connectivity index (χ4n) is 6.93. The summed E-state index contributed by atoms with van der Waals surface area (Å²) in [4.78, 5) is 6.66. The number of nitrogens with zero attached hydrogens (tertiary/aromatic N) is 3. The van der Waals surface area contributed by atoms with Crippen molar-refractivity contribution in [3.8, 4) is 0 Å². The molecule has 5 nitrogen and oxygen atoms in total. The lowest BCUT2D eigenvalue weighted by atomic mass is 9.84. The highest BCUT2D eigenvalue weighted by atomic mass is 28.4. The van der Waals surface area contributed by atoms with Crippen LogP contribution in [0.5, 0.6) is 0 Å². The molecule has 2 aromatic heterocycles. The summed E-state index contributed by atoms with van der Waals surface area (Å²) >= 11 is 0. The monoisotopic (exact) mass is 610 g/mol. The number of nitrogens with one attached hydrogen (secondary N) is 1. The summed E-state index contributed by atoms with van der Waals surface area (Å²) in [5, 5.41) is 9.92. The Labute approximate surface area is 259 Å². The topological polar surface area (TPSA) is 54.0 Å². The molecule has 5 aromatic rings. The van der Waals surface area contributed by atoms with E-state index in [2.05, 4.69) is 31.0 Å². The van der Waals surface area contributed by atoms with Crippen LogP contribution >= 0.6 is 0 Å². The normalized spacial score (nSPS) is 18.0. The average molecular weight is 611 g/mol. The minimum atomic E-state index is -3.13. The van der Waals surface area contributed by atoms with Crippen molar-refractivity contribution >= 4 is 29.6 Å². The zero-order valence-electron chi connectivity index (χ0n) is 26.0. The van der Waals surface area contributed by atoms with Gasteiger partial charge in [-0.05, 0) is 64.5 Å². The number of aryl methyl sites for hydroxylation is 1. The lowest BCUT2D eigenvalue weighted by Gasteiger charge is -2.45. The van der Waals surface area contributed by atoms with Crippen molar-refractivity contribution in [2.75, 3.05) is 13.2 Å². The van der Waals surface area contributed by atoms with E-state index in [0.29, 0.717) is 6.42 Å². The van der Waals surface area contributed by atoms with Gasteiger partial charge < -0.3 is 4.43 Å². The zero-order chi connectivity index (χ0) is 31.1. The van der Waals surface area contributed by atoms with Gasteiger partial charge in [-0.25, -0.2) is 8.78 Å². The Morgan fingerprint density at radius 2 is 1.57 bits per heavy atom. The summed E-state index contributed by atoms with van der Waals surface area (Å²) in [7, 11) is -3.13. The van der Waals surface area contributed by atoms with Crippen LogP contribution in [0.4, 0.5) is 8.78 Å². The van der Waals surface area contributed by atoms with Crippen LogP contribution in [0.15, 0.2) is 97.3 Å². The summed E-state index contributed by atoms with van der Waals surface area (Å²) in [5.74, 6) is -3.12. The Kier molecular flexibility index (Phi) is 8.03. The lowest BCUT2D eigenvalue weighted by molar-refractivity contribution is -0.0821. The molecule has 1 N–H and O–H groups in total. The van der Waals surface area contributed by atoms with E-state index in [1.54, 1.807) is 0 Å². The van der Waals surface area contributed by atoms with Gasteiger partial charge in [0.15, 0.2) is 0 Å². The van der Waals surface area contributed by atoms with Gasteiger partial charge in [0, 0.05) is 17.6 Å². The summed E-state index contributed by atoms with van der Waals surface area (Å²) in [6.07, 6.45) is 4.29. The first-order valence-corrected chi connectivity index (χ1v) is 17.2. The van der Waals surface area contributed by atoms with Gasteiger partial charge in [0.05, 0.1) is 36.6 Å². The van der Waals surface area contributed by atoms with Crippen LogP contribution in [0.3, 0.4) is 0 Å². The summed E-state index contributed by atoms with van der Waals surface area (Å²) in [5.41, 5.74) is 4.87. The Bertz CT molecular complexity index is 1680. The number of rotatable bonds is 8. The first-order chi connectivity index (χ1) is 21.0. The molecule has 0 aliphatic carbocycles. The maximum absolute atomic E-state index is 16.5. The molecule has 0 radical (unpaired) electrons. The van der Waals surface area contributed by atoms with Crippen LogP contribution in [-0.4, -0.2) is 53.5 Å². The molecule has 6 rings (SSSR count). The van der Waals surface area contributed by atoms with Crippen molar-refractivity contribution in [1.82, 2.24) is 20.1 Å². The van der Waals surface area contributed by atoms with Crippen molar-refractivity contribution in [2.24, 2.45) is 0 Å². The van der Waals surface area contributed by atoms with E-state index in [4.69, 9.17) is 9.41 Å². The van der Waals surface area contributed by atoms with E-state index in [0.717, 1.165) is 43.7 Å². The molecule has 1 aliphatic heterocycles. The molecule has 0 saturated heterocycles. The largest absolute Gasteiger partial charge is 0.401 e. The molecule has 0 amide bonds. The van der Waals surface area contributed by atoms with E-state index in [9.17, 15) is 0 Å². The number of aromatic amines is 1. The van der Waals surface area contributed by atoms with E-state index in [-0.39, 0.29) is 6.04 Å². The molecule has 3 aromatic carbocycles. The second kappa shape index (κ2) is 11.7. The quantitative estimate of drug-likeness (QED) is 0.196. The van der Waals surface area contributed by atoms with Gasteiger partial charge in [0.2, 0.25) is 0 Å². The van der Waals surface area contributed by atoms with Gasteiger partial charge in [-0.2, -0.15) is 5.10 Å². The third kappa shape index (κ3) is 5.51. The van der Waals surface area contributed by atoms with Gasteiger partial charge in [-0.1, -0.05) is 93.6 Å².